The van der Waals surface area contributed by atoms with Crippen LogP contribution in [0.15, 0.2) is 60.3 Å². The van der Waals surface area contributed by atoms with Gasteiger partial charge in [-0.05, 0) is 67.7 Å². The number of aliphatic hydroxyl groups is 1. The van der Waals surface area contributed by atoms with E-state index in [1.807, 2.05) is 35.1 Å². The third-order valence-electron chi connectivity index (χ3n) is 8.22. The van der Waals surface area contributed by atoms with Crippen LogP contribution >= 0.6 is 0 Å². The minimum Gasteiger partial charge on any atom is -0.454 e. The first-order valence-corrected chi connectivity index (χ1v) is 11.4. The third kappa shape index (κ3) is 2.86. The molecular weight excluding hydrogens is 419 g/mol. The van der Waals surface area contributed by atoms with Crippen molar-refractivity contribution < 1.29 is 19.0 Å². The summed E-state index contributed by atoms with van der Waals surface area (Å²) in [5, 5.41) is 15.3. The molecule has 1 fully saturated rings. The smallest absolute Gasteiger partial charge is 0.339 e. The van der Waals surface area contributed by atoms with Gasteiger partial charge in [0.2, 0.25) is 0 Å². The molecule has 0 bridgehead atoms. The van der Waals surface area contributed by atoms with Gasteiger partial charge in [0.1, 0.15) is 11.9 Å². The lowest BCUT2D eigenvalue weighted by Crippen LogP contribution is -2.43. The molecule has 1 N–H and O–H groups in total. The molecule has 3 unspecified atom stereocenters. The Labute approximate surface area is 191 Å². The number of cyclic esters (lactones) is 1. The number of hydrogen-bond donors (Lipinski definition) is 1. The summed E-state index contributed by atoms with van der Waals surface area (Å²) in [7, 11) is 0. The maximum atomic E-state index is 13.4. The minimum atomic E-state index is -0.406. The van der Waals surface area contributed by atoms with Crippen molar-refractivity contribution in [3.8, 4) is 5.69 Å². The molecule has 6 heteroatoms. The van der Waals surface area contributed by atoms with Gasteiger partial charge in [-0.25, -0.2) is 13.9 Å². The summed E-state index contributed by atoms with van der Waals surface area (Å²) in [5.41, 5.74) is 5.09. The molecule has 3 aromatic rings. The fourth-order valence-electron chi connectivity index (χ4n) is 6.19. The zero-order valence-corrected chi connectivity index (χ0v) is 18.4. The number of benzene rings is 2. The number of ether oxygens (including phenoxy) is 1. The van der Waals surface area contributed by atoms with Crippen molar-refractivity contribution >= 4 is 12.0 Å². The molecule has 168 valence electrons. The summed E-state index contributed by atoms with van der Waals surface area (Å²) in [6.45, 7) is 2.25. The number of fused-ring (bicyclic) bond motifs is 3. The Bertz CT molecular complexity index is 1290. The number of esters is 1. The molecule has 0 amide bonds. The summed E-state index contributed by atoms with van der Waals surface area (Å²) in [6, 6.07) is 13.9. The monoisotopic (exact) mass is 444 g/mol. The molecule has 1 aromatic heterocycles. The number of aliphatic hydroxyl groups excluding tert-OH is 1. The summed E-state index contributed by atoms with van der Waals surface area (Å²) >= 11 is 0. The average Bonchev–Trinajstić information content (AvgIpc) is 3.45. The summed E-state index contributed by atoms with van der Waals surface area (Å²) in [6.07, 6.45) is 6.76. The molecule has 5 nitrogen and oxygen atoms in total. The topological polar surface area (TPSA) is 64.3 Å². The quantitative estimate of drug-likeness (QED) is 0.573. The molecule has 0 saturated heterocycles. The maximum absolute atomic E-state index is 13.4. The van der Waals surface area contributed by atoms with Crippen LogP contribution in [0.4, 0.5) is 4.39 Å². The molecule has 33 heavy (non-hydrogen) atoms. The Morgan fingerprint density at radius 1 is 1.21 bits per heavy atom. The van der Waals surface area contributed by atoms with Gasteiger partial charge in [0, 0.05) is 23.0 Å². The van der Waals surface area contributed by atoms with Gasteiger partial charge in [-0.3, -0.25) is 0 Å². The van der Waals surface area contributed by atoms with Crippen LogP contribution < -0.4 is 0 Å². The summed E-state index contributed by atoms with van der Waals surface area (Å²) in [5.74, 6) is -0.558. The molecule has 0 spiro atoms. The van der Waals surface area contributed by atoms with Crippen LogP contribution in [-0.4, -0.2) is 27.5 Å². The third-order valence-corrected chi connectivity index (χ3v) is 8.22. The predicted molar refractivity (Wildman–Crippen MR) is 121 cm³/mol. The van der Waals surface area contributed by atoms with Crippen molar-refractivity contribution in [3.63, 3.8) is 0 Å². The van der Waals surface area contributed by atoms with Crippen LogP contribution in [0.1, 0.15) is 59.5 Å². The van der Waals surface area contributed by atoms with Gasteiger partial charge < -0.3 is 9.84 Å². The van der Waals surface area contributed by atoms with Crippen LogP contribution in [0.3, 0.4) is 0 Å². The number of halogens is 1. The first-order valence-electron chi connectivity index (χ1n) is 11.4. The lowest BCUT2D eigenvalue weighted by atomic mass is 9.59. The number of hydrogen-bond acceptors (Lipinski definition) is 4. The molecule has 1 saturated carbocycles. The number of allylic oxidation sites excluding steroid dienone is 1. The number of nitrogens with zero attached hydrogens (tertiary/aromatic N) is 2. The van der Waals surface area contributed by atoms with Gasteiger partial charge in [-0.2, -0.15) is 5.10 Å². The molecule has 2 aliphatic carbocycles. The molecule has 1 aliphatic heterocycles. The van der Waals surface area contributed by atoms with Crippen molar-refractivity contribution in [1.29, 1.82) is 0 Å². The van der Waals surface area contributed by atoms with Crippen molar-refractivity contribution in [2.75, 3.05) is 6.61 Å². The largest absolute Gasteiger partial charge is 0.454 e. The van der Waals surface area contributed by atoms with Crippen molar-refractivity contribution in [2.45, 2.75) is 38.7 Å². The van der Waals surface area contributed by atoms with Gasteiger partial charge >= 0.3 is 5.97 Å². The van der Waals surface area contributed by atoms with Crippen molar-refractivity contribution in [1.82, 2.24) is 9.78 Å². The number of rotatable bonds is 4. The Kier molecular flexibility index (Phi) is 4.40. The van der Waals surface area contributed by atoms with E-state index in [9.17, 15) is 14.3 Å². The highest BCUT2D eigenvalue weighted by atomic mass is 19.1. The van der Waals surface area contributed by atoms with Crippen molar-refractivity contribution in [3.05, 3.63) is 88.5 Å². The van der Waals surface area contributed by atoms with E-state index in [0.29, 0.717) is 12.0 Å². The Hall–Kier alpha value is -3.25. The van der Waals surface area contributed by atoms with E-state index in [1.165, 1.54) is 17.7 Å². The lowest BCUT2D eigenvalue weighted by molar-refractivity contribution is -0.0229. The van der Waals surface area contributed by atoms with Crippen LogP contribution in [0.2, 0.25) is 0 Å². The average molecular weight is 445 g/mol. The number of carbonyl (C=O) groups is 1. The fourth-order valence-corrected chi connectivity index (χ4v) is 6.19. The van der Waals surface area contributed by atoms with E-state index in [4.69, 9.17) is 4.74 Å². The van der Waals surface area contributed by atoms with E-state index in [0.717, 1.165) is 41.8 Å². The number of aromatic nitrogens is 2. The van der Waals surface area contributed by atoms with Crippen LogP contribution in [-0.2, 0) is 11.2 Å². The normalized spacial score (nSPS) is 27.5. The second-order valence-electron chi connectivity index (χ2n) is 9.75. The van der Waals surface area contributed by atoms with Crippen LogP contribution in [0.25, 0.3) is 11.8 Å². The van der Waals surface area contributed by atoms with Crippen molar-refractivity contribution in [2.24, 2.45) is 10.8 Å². The summed E-state index contributed by atoms with van der Waals surface area (Å²) in [4.78, 5) is 12.4. The Morgan fingerprint density at radius 2 is 2.00 bits per heavy atom. The van der Waals surface area contributed by atoms with Gasteiger partial charge in [0.15, 0.2) is 0 Å². The zero-order valence-electron chi connectivity index (χ0n) is 18.4. The minimum absolute atomic E-state index is 0.0263. The fraction of sp³-hybridized carbons (Fsp3) is 0.333. The van der Waals surface area contributed by atoms with E-state index in [2.05, 4.69) is 18.1 Å². The standard InChI is InChI=1S/C27H25FN2O3/c1-26-13-17-15-29-30(20-8-6-19(28)7-9-20)23(17)12-18(26)10-11-27(26,16-31)14-24-21-4-2-3-5-22(21)25(32)33-24/h2-9,12,15,24,31H,10-11,13-14,16H2,1H3. The Balaban J connectivity index is 1.36. The summed E-state index contributed by atoms with van der Waals surface area (Å²) < 4.78 is 21.0. The first-order chi connectivity index (χ1) is 15.9. The van der Waals surface area contributed by atoms with Gasteiger partial charge in [0.25, 0.3) is 0 Å². The lowest BCUT2D eigenvalue weighted by Gasteiger charge is -2.46. The molecule has 2 aromatic carbocycles. The molecular formula is C27H25FN2O3. The predicted octanol–water partition coefficient (Wildman–Crippen LogP) is 5.03. The highest BCUT2D eigenvalue weighted by molar-refractivity contribution is 5.94. The SMILES string of the molecule is CC12Cc3cnn(-c4ccc(F)cc4)c3C=C1CCC2(CO)CC1OC(=O)c2ccccc21. The second kappa shape index (κ2) is 7.12. The van der Waals surface area contributed by atoms with E-state index >= 15 is 0 Å². The van der Waals surface area contributed by atoms with Crippen LogP contribution in [0.5, 0.6) is 0 Å². The van der Waals surface area contributed by atoms with Gasteiger partial charge in [-0.1, -0.05) is 30.7 Å². The molecule has 0 radical (unpaired) electrons. The maximum Gasteiger partial charge on any atom is 0.339 e. The number of carbonyl (C=O) groups excluding carboxylic acids is 1. The van der Waals surface area contributed by atoms with Crippen LogP contribution in [0, 0.1) is 16.6 Å². The molecule has 3 atom stereocenters. The van der Waals surface area contributed by atoms with Gasteiger partial charge in [0.05, 0.1) is 23.1 Å². The van der Waals surface area contributed by atoms with E-state index < -0.39 is 5.41 Å². The molecule has 2 heterocycles. The Morgan fingerprint density at radius 3 is 2.79 bits per heavy atom. The second-order valence-corrected chi connectivity index (χ2v) is 9.75. The molecule has 3 aliphatic rings. The van der Waals surface area contributed by atoms with Gasteiger partial charge in [-0.15, -0.1) is 0 Å². The zero-order chi connectivity index (χ0) is 22.8. The van der Waals surface area contributed by atoms with E-state index in [1.54, 1.807) is 12.1 Å². The van der Waals surface area contributed by atoms with E-state index in [-0.39, 0.29) is 29.9 Å². The highest BCUT2D eigenvalue weighted by Crippen LogP contribution is 2.63. The highest BCUT2D eigenvalue weighted by Gasteiger charge is 2.57. The molecule has 6 rings (SSSR count). The first kappa shape index (κ1) is 20.4.